The number of anilines is 1. The second-order valence-corrected chi connectivity index (χ2v) is 10.3. The molecule has 1 atom stereocenters. The minimum atomic E-state index is -0.631. The number of nitrogens with two attached hydrogens (primary N) is 1. The molecule has 188 valence electrons. The third-order valence-electron chi connectivity index (χ3n) is 6.49. The number of rotatable bonds is 8. The number of para-hydroxylation sites is 1. The third kappa shape index (κ3) is 6.20. The van der Waals surface area contributed by atoms with Gasteiger partial charge in [0.25, 0.3) is 0 Å². The Morgan fingerprint density at radius 1 is 1.03 bits per heavy atom. The predicted octanol–water partition coefficient (Wildman–Crippen LogP) is 4.16. The Labute approximate surface area is 213 Å². The molecule has 0 saturated heterocycles. The molecule has 2 amide bonds. The first kappa shape index (κ1) is 25.6. The maximum atomic E-state index is 13.7. The molecule has 0 spiro atoms. The Balaban J connectivity index is 1.58. The standard InChI is InChI=1S/C30H36N4O2/c1-30(2,31)18-28(35)33-26-17-16-23-8-5-7-11-27(23)34(29(26)36)20-21-12-14-22(15-13-21)25-10-6-4-9-24(25)19-32-3/h4-15,26,32H,16-20,31H2,1-3H3,(H,33,35)/t26-/m1/s1. The van der Waals surface area contributed by atoms with Crippen LogP contribution in [0.2, 0.25) is 0 Å². The summed E-state index contributed by atoms with van der Waals surface area (Å²) in [6.45, 7) is 4.85. The molecule has 3 aromatic rings. The minimum absolute atomic E-state index is 0.0911. The number of hydrogen-bond donors (Lipinski definition) is 3. The van der Waals surface area contributed by atoms with Gasteiger partial charge < -0.3 is 21.3 Å². The van der Waals surface area contributed by atoms with E-state index in [1.165, 1.54) is 11.1 Å². The average molecular weight is 485 g/mol. The van der Waals surface area contributed by atoms with Crippen LogP contribution in [-0.4, -0.2) is 30.4 Å². The Morgan fingerprint density at radius 2 is 1.72 bits per heavy atom. The van der Waals surface area contributed by atoms with Crippen LogP contribution in [0.5, 0.6) is 0 Å². The fourth-order valence-corrected chi connectivity index (χ4v) is 4.79. The molecule has 0 aliphatic carbocycles. The van der Waals surface area contributed by atoms with Gasteiger partial charge in [-0.25, -0.2) is 0 Å². The molecule has 36 heavy (non-hydrogen) atoms. The van der Waals surface area contributed by atoms with Gasteiger partial charge in [0.2, 0.25) is 11.8 Å². The predicted molar refractivity (Wildman–Crippen MR) is 145 cm³/mol. The number of nitrogens with zero attached hydrogens (tertiary/aromatic N) is 1. The number of nitrogens with one attached hydrogen (secondary N) is 2. The number of carbonyl (C=O) groups is 2. The zero-order valence-corrected chi connectivity index (χ0v) is 21.4. The fourth-order valence-electron chi connectivity index (χ4n) is 4.79. The molecule has 0 radical (unpaired) electrons. The summed E-state index contributed by atoms with van der Waals surface area (Å²) in [6.07, 6.45) is 1.45. The molecule has 4 rings (SSSR count). The van der Waals surface area contributed by atoms with E-state index < -0.39 is 11.6 Å². The van der Waals surface area contributed by atoms with Crippen LogP contribution in [0.15, 0.2) is 72.8 Å². The Hall–Kier alpha value is -3.48. The van der Waals surface area contributed by atoms with Crippen LogP contribution in [0.3, 0.4) is 0 Å². The molecule has 4 N–H and O–H groups in total. The van der Waals surface area contributed by atoms with E-state index in [0.29, 0.717) is 13.0 Å². The number of carbonyl (C=O) groups excluding carboxylic acids is 2. The number of fused-ring (bicyclic) bond motifs is 1. The lowest BCUT2D eigenvalue weighted by atomic mass is 9.98. The molecule has 0 bridgehead atoms. The highest BCUT2D eigenvalue weighted by Gasteiger charge is 2.32. The van der Waals surface area contributed by atoms with Crippen LogP contribution in [0.1, 0.15) is 43.4 Å². The monoisotopic (exact) mass is 484 g/mol. The van der Waals surface area contributed by atoms with Gasteiger partial charge in [0.1, 0.15) is 6.04 Å². The van der Waals surface area contributed by atoms with Crippen LogP contribution >= 0.6 is 0 Å². The quantitative estimate of drug-likeness (QED) is 0.448. The summed E-state index contributed by atoms with van der Waals surface area (Å²) in [7, 11) is 1.95. The molecule has 0 fully saturated rings. The summed E-state index contributed by atoms with van der Waals surface area (Å²) in [5, 5.41) is 6.18. The molecule has 1 aliphatic heterocycles. The van der Waals surface area contributed by atoms with Crippen molar-refractivity contribution in [1.29, 1.82) is 0 Å². The first-order valence-electron chi connectivity index (χ1n) is 12.5. The minimum Gasteiger partial charge on any atom is -0.344 e. The normalized spacial score (nSPS) is 15.8. The van der Waals surface area contributed by atoms with Crippen LogP contribution < -0.4 is 21.3 Å². The van der Waals surface area contributed by atoms with Gasteiger partial charge in [-0.3, -0.25) is 9.59 Å². The van der Waals surface area contributed by atoms with E-state index in [9.17, 15) is 9.59 Å². The zero-order valence-electron chi connectivity index (χ0n) is 21.4. The Bertz CT molecular complexity index is 1210. The van der Waals surface area contributed by atoms with E-state index in [1.54, 1.807) is 0 Å². The summed E-state index contributed by atoms with van der Waals surface area (Å²) in [5.74, 6) is -0.289. The lowest BCUT2D eigenvalue weighted by Crippen LogP contribution is -2.49. The second kappa shape index (κ2) is 11.1. The van der Waals surface area contributed by atoms with Crippen molar-refractivity contribution < 1.29 is 9.59 Å². The van der Waals surface area contributed by atoms with Crippen molar-refractivity contribution in [3.05, 3.63) is 89.5 Å². The van der Waals surface area contributed by atoms with Crippen molar-refractivity contribution >= 4 is 17.5 Å². The highest BCUT2D eigenvalue weighted by molar-refractivity contribution is 6.00. The Kier molecular flexibility index (Phi) is 7.87. The largest absolute Gasteiger partial charge is 0.344 e. The van der Waals surface area contributed by atoms with Crippen LogP contribution in [-0.2, 0) is 29.1 Å². The van der Waals surface area contributed by atoms with E-state index in [4.69, 9.17) is 5.73 Å². The van der Waals surface area contributed by atoms with E-state index in [0.717, 1.165) is 35.3 Å². The zero-order chi connectivity index (χ0) is 25.7. The van der Waals surface area contributed by atoms with Gasteiger partial charge >= 0.3 is 0 Å². The first-order chi connectivity index (χ1) is 17.2. The molecule has 0 aromatic heterocycles. The smallest absolute Gasteiger partial charge is 0.249 e. The number of hydrogen-bond acceptors (Lipinski definition) is 4. The second-order valence-electron chi connectivity index (χ2n) is 10.3. The lowest BCUT2D eigenvalue weighted by Gasteiger charge is -2.27. The SMILES string of the molecule is CNCc1ccccc1-c1ccc(CN2C(=O)[C@H](NC(=O)CC(C)(C)N)CCc3ccccc32)cc1. The summed E-state index contributed by atoms with van der Waals surface area (Å²) in [5.41, 5.74) is 12.0. The molecule has 0 unspecified atom stereocenters. The molecule has 6 heteroatoms. The molecule has 0 saturated carbocycles. The van der Waals surface area contributed by atoms with Crippen LogP contribution in [0.25, 0.3) is 11.1 Å². The third-order valence-corrected chi connectivity index (χ3v) is 6.49. The molecular formula is C30H36N4O2. The van der Waals surface area contributed by atoms with Crippen LogP contribution in [0.4, 0.5) is 5.69 Å². The van der Waals surface area contributed by atoms with Crippen molar-refractivity contribution in [1.82, 2.24) is 10.6 Å². The van der Waals surface area contributed by atoms with E-state index in [1.807, 2.05) is 44.0 Å². The topological polar surface area (TPSA) is 87.5 Å². The summed E-state index contributed by atoms with van der Waals surface area (Å²) in [6, 6.07) is 24.2. The Morgan fingerprint density at radius 3 is 2.44 bits per heavy atom. The van der Waals surface area contributed by atoms with E-state index >= 15 is 0 Å². The van der Waals surface area contributed by atoms with Gasteiger partial charge in [-0.15, -0.1) is 0 Å². The maximum Gasteiger partial charge on any atom is 0.249 e. The van der Waals surface area contributed by atoms with Gasteiger partial charge in [-0.2, -0.15) is 0 Å². The summed E-state index contributed by atoms with van der Waals surface area (Å²) < 4.78 is 0. The van der Waals surface area contributed by atoms with E-state index in [2.05, 4.69) is 65.2 Å². The van der Waals surface area contributed by atoms with Crippen molar-refractivity contribution in [2.75, 3.05) is 11.9 Å². The molecule has 3 aromatic carbocycles. The van der Waals surface area contributed by atoms with Gasteiger partial charge in [-0.05, 0) is 67.6 Å². The van der Waals surface area contributed by atoms with Gasteiger partial charge in [0, 0.05) is 24.2 Å². The number of amides is 2. The number of benzene rings is 3. The summed E-state index contributed by atoms with van der Waals surface area (Å²) in [4.78, 5) is 28.1. The van der Waals surface area contributed by atoms with Crippen molar-refractivity contribution in [2.45, 2.75) is 57.8 Å². The highest BCUT2D eigenvalue weighted by atomic mass is 16.2. The number of aryl methyl sites for hydroxylation is 1. The fraction of sp³-hybridized carbons (Fsp3) is 0.333. The molecule has 6 nitrogen and oxygen atoms in total. The summed E-state index contributed by atoms with van der Waals surface area (Å²) >= 11 is 0. The maximum absolute atomic E-state index is 13.7. The van der Waals surface area contributed by atoms with Crippen molar-refractivity contribution in [3.8, 4) is 11.1 Å². The van der Waals surface area contributed by atoms with Crippen molar-refractivity contribution in [2.24, 2.45) is 5.73 Å². The van der Waals surface area contributed by atoms with Gasteiger partial charge in [0.15, 0.2) is 0 Å². The average Bonchev–Trinajstić information content (AvgIpc) is 2.96. The highest BCUT2D eigenvalue weighted by Crippen LogP contribution is 2.30. The molecular weight excluding hydrogens is 448 g/mol. The van der Waals surface area contributed by atoms with Crippen molar-refractivity contribution in [3.63, 3.8) is 0 Å². The molecule has 1 aliphatic rings. The van der Waals surface area contributed by atoms with E-state index in [-0.39, 0.29) is 18.2 Å². The molecule has 1 heterocycles. The van der Waals surface area contributed by atoms with Gasteiger partial charge in [-0.1, -0.05) is 66.7 Å². The van der Waals surface area contributed by atoms with Gasteiger partial charge in [0.05, 0.1) is 6.54 Å². The first-order valence-corrected chi connectivity index (χ1v) is 12.5. The van der Waals surface area contributed by atoms with Crippen LogP contribution in [0, 0.1) is 0 Å². The lowest BCUT2D eigenvalue weighted by molar-refractivity contribution is -0.128.